The van der Waals surface area contributed by atoms with E-state index in [9.17, 15) is 23.3 Å². The summed E-state index contributed by atoms with van der Waals surface area (Å²) < 4.78 is 30.2. The van der Waals surface area contributed by atoms with E-state index < -0.39 is 26.9 Å². The first-order valence-electron chi connectivity index (χ1n) is 8.35. The van der Waals surface area contributed by atoms with Crippen LogP contribution in [0.1, 0.15) is 12.5 Å². The first-order chi connectivity index (χ1) is 13.6. The van der Waals surface area contributed by atoms with Gasteiger partial charge >= 0.3 is 5.69 Å². The van der Waals surface area contributed by atoms with Crippen molar-refractivity contribution in [2.45, 2.75) is 13.0 Å². The topological polar surface area (TPSA) is 131 Å². The Morgan fingerprint density at radius 2 is 1.93 bits per heavy atom. The third-order valence-electron chi connectivity index (χ3n) is 3.89. The van der Waals surface area contributed by atoms with Gasteiger partial charge in [-0.25, -0.2) is 13.8 Å². The summed E-state index contributed by atoms with van der Waals surface area (Å²) in [6.07, 6.45) is 2.22. The fourth-order valence-electron chi connectivity index (χ4n) is 2.58. The van der Waals surface area contributed by atoms with Crippen LogP contribution in [0, 0.1) is 10.1 Å². The number of nitro groups is 1. The molecule has 2 rings (SSSR count). The summed E-state index contributed by atoms with van der Waals surface area (Å²) in [7, 11) is -2.41. The monoisotopic (exact) mass is 420 g/mol. The van der Waals surface area contributed by atoms with Crippen LogP contribution in [-0.4, -0.2) is 44.9 Å². The number of hydrazone groups is 1. The molecule has 0 saturated carbocycles. The molecule has 0 saturated heterocycles. The van der Waals surface area contributed by atoms with E-state index >= 15 is 0 Å². The Balaban J connectivity index is 2.17. The lowest BCUT2D eigenvalue weighted by Gasteiger charge is -2.27. The Hall–Kier alpha value is -3.47. The molecule has 154 valence electrons. The molecule has 0 aliphatic heterocycles. The highest BCUT2D eigenvalue weighted by Crippen LogP contribution is 2.26. The molecule has 10 nitrogen and oxygen atoms in total. The van der Waals surface area contributed by atoms with Crippen LogP contribution < -0.4 is 14.5 Å². The molecule has 0 fully saturated rings. The van der Waals surface area contributed by atoms with Crippen molar-refractivity contribution in [3.63, 3.8) is 0 Å². The second-order valence-electron chi connectivity index (χ2n) is 5.99. The first-order valence-corrected chi connectivity index (χ1v) is 10.2. The molecule has 0 bridgehead atoms. The number of carbonyl (C=O) groups excluding carboxylic acids is 1. The fraction of sp³-hybridized carbons (Fsp3) is 0.222. The number of carbonyl (C=O) groups is 1. The summed E-state index contributed by atoms with van der Waals surface area (Å²) in [5.41, 5.74) is 2.70. The van der Waals surface area contributed by atoms with Crippen LogP contribution in [0.3, 0.4) is 0 Å². The van der Waals surface area contributed by atoms with Crippen LogP contribution in [0.4, 0.5) is 11.4 Å². The summed E-state index contributed by atoms with van der Waals surface area (Å²) in [5, 5.41) is 14.8. The number of para-hydroxylation sites is 1. The van der Waals surface area contributed by atoms with Crippen molar-refractivity contribution in [1.29, 1.82) is 0 Å². The Labute approximate surface area is 168 Å². The molecule has 0 radical (unpaired) electrons. The molecule has 29 heavy (non-hydrogen) atoms. The zero-order valence-corrected chi connectivity index (χ0v) is 16.8. The lowest BCUT2D eigenvalue weighted by Crippen LogP contribution is -2.46. The van der Waals surface area contributed by atoms with Gasteiger partial charge in [-0.3, -0.25) is 19.2 Å². The quantitative estimate of drug-likeness (QED) is 0.394. The van der Waals surface area contributed by atoms with Gasteiger partial charge in [0.2, 0.25) is 10.0 Å². The number of nitrogens with one attached hydrogen (secondary N) is 1. The zero-order valence-electron chi connectivity index (χ0n) is 16.0. The first kappa shape index (κ1) is 21.8. The molecule has 0 spiro atoms. The van der Waals surface area contributed by atoms with Gasteiger partial charge in [0.1, 0.15) is 6.04 Å². The molecule has 11 heteroatoms. The molecular formula is C18H20N4O6S. The number of sulfonamides is 1. The third-order valence-corrected chi connectivity index (χ3v) is 5.13. The van der Waals surface area contributed by atoms with Crippen molar-refractivity contribution < 1.29 is 22.9 Å². The van der Waals surface area contributed by atoms with Crippen LogP contribution in [0.2, 0.25) is 0 Å². The van der Waals surface area contributed by atoms with Crippen molar-refractivity contribution in [3.8, 4) is 5.75 Å². The van der Waals surface area contributed by atoms with Crippen LogP contribution in [0.15, 0.2) is 53.6 Å². The maximum absolute atomic E-state index is 12.4. The maximum Gasteiger partial charge on any atom is 0.311 e. The normalized spacial score (nSPS) is 12.4. The number of rotatable bonds is 8. The van der Waals surface area contributed by atoms with E-state index in [0.717, 1.165) is 10.6 Å². The van der Waals surface area contributed by atoms with Crippen LogP contribution in [0.25, 0.3) is 0 Å². The van der Waals surface area contributed by atoms with Crippen molar-refractivity contribution in [2.75, 3.05) is 17.7 Å². The van der Waals surface area contributed by atoms with Gasteiger partial charge in [0, 0.05) is 11.6 Å². The highest BCUT2D eigenvalue weighted by molar-refractivity contribution is 7.92. The Morgan fingerprint density at radius 3 is 2.48 bits per heavy atom. The molecule has 2 aromatic carbocycles. The molecule has 0 aliphatic carbocycles. The van der Waals surface area contributed by atoms with E-state index in [2.05, 4.69) is 10.5 Å². The molecule has 1 unspecified atom stereocenters. The molecule has 2 aromatic rings. The number of hydrogen-bond acceptors (Lipinski definition) is 7. The largest absolute Gasteiger partial charge is 0.490 e. The predicted octanol–water partition coefficient (Wildman–Crippen LogP) is 1.91. The van der Waals surface area contributed by atoms with Gasteiger partial charge in [0.05, 0.1) is 30.2 Å². The van der Waals surface area contributed by atoms with Gasteiger partial charge in [-0.05, 0) is 31.2 Å². The predicted molar refractivity (Wildman–Crippen MR) is 109 cm³/mol. The minimum absolute atomic E-state index is 0.0939. The highest BCUT2D eigenvalue weighted by Gasteiger charge is 2.28. The minimum Gasteiger partial charge on any atom is -0.490 e. The Morgan fingerprint density at radius 1 is 1.28 bits per heavy atom. The van der Waals surface area contributed by atoms with Gasteiger partial charge < -0.3 is 4.74 Å². The average Bonchev–Trinajstić information content (AvgIpc) is 2.67. The summed E-state index contributed by atoms with van der Waals surface area (Å²) in [6.45, 7) is 1.43. The molecule has 1 amide bonds. The lowest BCUT2D eigenvalue weighted by molar-refractivity contribution is -0.385. The molecular weight excluding hydrogens is 400 g/mol. The maximum atomic E-state index is 12.4. The number of benzene rings is 2. The van der Waals surface area contributed by atoms with E-state index in [4.69, 9.17) is 4.74 Å². The SMILES string of the molecule is COc1ccc(/C=N/NC(=O)C(C)N(c2ccccc2)S(C)(=O)=O)cc1[N+](=O)[O-]. The number of nitrogens with zero attached hydrogens (tertiary/aromatic N) is 3. The second-order valence-corrected chi connectivity index (χ2v) is 7.85. The van der Waals surface area contributed by atoms with Crippen molar-refractivity contribution in [2.24, 2.45) is 5.10 Å². The fourth-order valence-corrected chi connectivity index (χ4v) is 3.75. The smallest absolute Gasteiger partial charge is 0.311 e. The molecule has 0 aromatic heterocycles. The van der Waals surface area contributed by atoms with E-state index in [0.29, 0.717) is 11.3 Å². The summed E-state index contributed by atoms with van der Waals surface area (Å²) in [4.78, 5) is 22.9. The van der Waals surface area contributed by atoms with Crippen LogP contribution in [-0.2, 0) is 14.8 Å². The molecule has 1 N–H and O–H groups in total. The van der Waals surface area contributed by atoms with Crippen molar-refractivity contribution in [1.82, 2.24) is 5.43 Å². The van der Waals surface area contributed by atoms with Gasteiger partial charge in [0.25, 0.3) is 5.91 Å². The van der Waals surface area contributed by atoms with E-state index in [1.165, 1.54) is 38.4 Å². The average molecular weight is 420 g/mol. The number of anilines is 1. The van der Waals surface area contributed by atoms with E-state index in [-0.39, 0.29) is 11.4 Å². The third kappa shape index (κ3) is 5.51. The molecule has 0 aliphatic rings. The summed E-state index contributed by atoms with van der Waals surface area (Å²) in [6, 6.07) is 11.3. The van der Waals surface area contributed by atoms with Crippen LogP contribution >= 0.6 is 0 Å². The number of methoxy groups -OCH3 is 1. The Bertz CT molecular complexity index is 1020. The zero-order chi connectivity index (χ0) is 21.6. The van der Waals surface area contributed by atoms with E-state index in [1.807, 2.05) is 0 Å². The highest BCUT2D eigenvalue weighted by atomic mass is 32.2. The molecule has 0 heterocycles. The summed E-state index contributed by atoms with van der Waals surface area (Å²) >= 11 is 0. The standard InChI is InChI=1S/C18H20N4O6S/c1-13(21(29(3,26)27)15-7-5-4-6-8-15)18(23)20-19-12-14-9-10-17(28-2)16(11-14)22(24)25/h4-13H,1-3H3,(H,20,23)/b19-12+. The van der Waals surface area contributed by atoms with Crippen LogP contribution in [0.5, 0.6) is 5.75 Å². The Kier molecular flexibility index (Phi) is 6.89. The van der Waals surface area contributed by atoms with Crippen molar-refractivity contribution in [3.05, 3.63) is 64.2 Å². The van der Waals surface area contributed by atoms with Gasteiger partial charge in [0.15, 0.2) is 5.75 Å². The second kappa shape index (κ2) is 9.15. The van der Waals surface area contributed by atoms with Gasteiger partial charge in [-0.2, -0.15) is 5.10 Å². The van der Waals surface area contributed by atoms with Crippen molar-refractivity contribution >= 4 is 33.5 Å². The minimum atomic E-state index is -3.73. The van der Waals surface area contributed by atoms with Gasteiger partial charge in [-0.15, -0.1) is 0 Å². The van der Waals surface area contributed by atoms with E-state index in [1.54, 1.807) is 30.3 Å². The molecule has 1 atom stereocenters. The van der Waals surface area contributed by atoms with Gasteiger partial charge in [-0.1, -0.05) is 18.2 Å². The number of amides is 1. The number of ether oxygens (including phenoxy) is 1. The lowest BCUT2D eigenvalue weighted by atomic mass is 10.2. The number of hydrogen-bond donors (Lipinski definition) is 1. The summed E-state index contributed by atoms with van der Waals surface area (Å²) in [5.74, 6) is -0.574. The number of nitro benzene ring substituents is 1.